The Morgan fingerprint density at radius 2 is 1.61 bits per heavy atom. The summed E-state index contributed by atoms with van der Waals surface area (Å²) in [5.74, 6) is -0.522. The van der Waals surface area contributed by atoms with Crippen molar-refractivity contribution in [3.63, 3.8) is 0 Å². The van der Waals surface area contributed by atoms with Crippen molar-refractivity contribution >= 4 is 23.2 Å². The number of morpholine rings is 1. The summed E-state index contributed by atoms with van der Waals surface area (Å²) in [5.41, 5.74) is 2.11. The van der Waals surface area contributed by atoms with Gasteiger partial charge in [-0.1, -0.05) is 12.1 Å². The van der Waals surface area contributed by atoms with E-state index in [0.717, 1.165) is 18.7 Å². The lowest BCUT2D eigenvalue weighted by molar-refractivity contribution is -0.118. The lowest BCUT2D eigenvalue weighted by Gasteiger charge is -2.25. The molecule has 0 saturated carbocycles. The summed E-state index contributed by atoms with van der Waals surface area (Å²) in [6, 6.07) is 13.2. The van der Waals surface area contributed by atoms with Crippen molar-refractivity contribution in [2.45, 2.75) is 12.8 Å². The van der Waals surface area contributed by atoms with E-state index in [4.69, 9.17) is 4.74 Å². The summed E-state index contributed by atoms with van der Waals surface area (Å²) in [6.45, 7) is 3.16. The molecule has 0 aromatic heterocycles. The molecule has 0 spiro atoms. The monoisotopic (exact) mass is 385 g/mol. The van der Waals surface area contributed by atoms with Gasteiger partial charge in [0.25, 0.3) is 0 Å². The molecule has 0 bridgehead atoms. The zero-order chi connectivity index (χ0) is 19.8. The zero-order valence-electron chi connectivity index (χ0n) is 15.6. The first-order valence-corrected chi connectivity index (χ1v) is 9.33. The maximum absolute atomic E-state index is 13.2. The fourth-order valence-corrected chi connectivity index (χ4v) is 2.97. The lowest BCUT2D eigenvalue weighted by atomic mass is 10.1. The van der Waals surface area contributed by atoms with Crippen LogP contribution in [0.25, 0.3) is 0 Å². The van der Waals surface area contributed by atoms with Crippen LogP contribution in [-0.4, -0.2) is 49.6 Å². The second-order valence-corrected chi connectivity index (χ2v) is 6.69. The van der Waals surface area contributed by atoms with Crippen molar-refractivity contribution in [3.8, 4) is 0 Å². The summed E-state index contributed by atoms with van der Waals surface area (Å²) in [5, 5.41) is 5.66. The number of carbonyl (C=O) groups is 2. The molecule has 2 aromatic rings. The third-order valence-corrected chi connectivity index (χ3v) is 4.45. The first-order chi connectivity index (χ1) is 13.6. The molecule has 28 heavy (non-hydrogen) atoms. The quantitative estimate of drug-likeness (QED) is 0.769. The van der Waals surface area contributed by atoms with Crippen molar-refractivity contribution in [3.05, 3.63) is 59.9 Å². The molecule has 0 atom stereocenters. The van der Waals surface area contributed by atoms with E-state index < -0.39 is 0 Å². The standard InChI is InChI=1S/C21H24FN3O3/c22-17-3-1-2-16(14-17)4-9-20(26)23-18-5-7-19(8-6-18)24-21(27)15-25-10-12-28-13-11-25/h1-3,5-8,14H,4,9-13,15H2,(H,23,26)(H,24,27). The van der Waals surface area contributed by atoms with Crippen molar-refractivity contribution in [1.29, 1.82) is 0 Å². The molecular formula is C21H24FN3O3. The Bertz CT molecular complexity index is 805. The van der Waals surface area contributed by atoms with Crippen LogP contribution in [0.4, 0.5) is 15.8 Å². The van der Waals surface area contributed by atoms with Gasteiger partial charge >= 0.3 is 0 Å². The summed E-state index contributed by atoms with van der Waals surface area (Å²) in [6.07, 6.45) is 0.737. The normalized spacial score (nSPS) is 14.5. The summed E-state index contributed by atoms with van der Waals surface area (Å²) >= 11 is 0. The summed E-state index contributed by atoms with van der Waals surface area (Å²) in [4.78, 5) is 26.2. The topological polar surface area (TPSA) is 70.7 Å². The first kappa shape index (κ1) is 20.0. The molecule has 2 aromatic carbocycles. The molecule has 1 fully saturated rings. The van der Waals surface area contributed by atoms with Crippen LogP contribution in [0.15, 0.2) is 48.5 Å². The van der Waals surface area contributed by atoms with E-state index >= 15 is 0 Å². The van der Waals surface area contributed by atoms with E-state index in [9.17, 15) is 14.0 Å². The van der Waals surface area contributed by atoms with Crippen LogP contribution in [0.5, 0.6) is 0 Å². The van der Waals surface area contributed by atoms with Gasteiger partial charge in [-0.3, -0.25) is 14.5 Å². The number of hydrogen-bond donors (Lipinski definition) is 2. The lowest BCUT2D eigenvalue weighted by Crippen LogP contribution is -2.41. The van der Waals surface area contributed by atoms with Crippen LogP contribution in [0.3, 0.4) is 0 Å². The molecule has 7 heteroatoms. The van der Waals surface area contributed by atoms with Gasteiger partial charge in [-0.25, -0.2) is 4.39 Å². The smallest absolute Gasteiger partial charge is 0.238 e. The summed E-state index contributed by atoms with van der Waals surface area (Å²) in [7, 11) is 0. The Labute approximate surface area is 163 Å². The minimum Gasteiger partial charge on any atom is -0.379 e. The van der Waals surface area contributed by atoms with Gasteiger partial charge in [0.2, 0.25) is 11.8 Å². The molecule has 2 N–H and O–H groups in total. The molecule has 0 aliphatic carbocycles. The fourth-order valence-electron chi connectivity index (χ4n) is 2.97. The predicted octanol–water partition coefficient (Wildman–Crippen LogP) is 2.67. The fraction of sp³-hybridized carbons (Fsp3) is 0.333. The number of benzene rings is 2. The van der Waals surface area contributed by atoms with Gasteiger partial charge in [-0.15, -0.1) is 0 Å². The van der Waals surface area contributed by atoms with E-state index in [-0.39, 0.29) is 24.1 Å². The Morgan fingerprint density at radius 3 is 2.25 bits per heavy atom. The minimum absolute atomic E-state index is 0.0752. The highest BCUT2D eigenvalue weighted by Gasteiger charge is 2.14. The number of aryl methyl sites for hydroxylation is 1. The van der Waals surface area contributed by atoms with E-state index in [1.54, 1.807) is 36.4 Å². The number of amides is 2. The second kappa shape index (κ2) is 9.96. The van der Waals surface area contributed by atoms with Crippen molar-refractivity contribution < 1.29 is 18.7 Å². The highest BCUT2D eigenvalue weighted by Crippen LogP contribution is 2.15. The van der Waals surface area contributed by atoms with Crippen molar-refractivity contribution in [2.24, 2.45) is 0 Å². The average molecular weight is 385 g/mol. The number of anilines is 2. The van der Waals surface area contributed by atoms with Gasteiger partial charge in [-0.2, -0.15) is 0 Å². The Kier molecular flexibility index (Phi) is 7.11. The molecule has 0 radical (unpaired) electrons. The van der Waals surface area contributed by atoms with Crippen LogP contribution in [0.2, 0.25) is 0 Å². The molecule has 1 aliphatic rings. The second-order valence-electron chi connectivity index (χ2n) is 6.69. The van der Waals surface area contributed by atoms with Gasteiger partial charge in [0.1, 0.15) is 5.82 Å². The van der Waals surface area contributed by atoms with Gasteiger partial charge < -0.3 is 15.4 Å². The van der Waals surface area contributed by atoms with Gasteiger partial charge in [0.05, 0.1) is 19.8 Å². The van der Waals surface area contributed by atoms with Crippen molar-refractivity contribution in [1.82, 2.24) is 4.90 Å². The number of nitrogens with one attached hydrogen (secondary N) is 2. The predicted molar refractivity (Wildman–Crippen MR) is 106 cm³/mol. The first-order valence-electron chi connectivity index (χ1n) is 9.33. The Hall–Kier alpha value is -2.77. The maximum atomic E-state index is 13.2. The summed E-state index contributed by atoms with van der Waals surface area (Å²) < 4.78 is 18.4. The van der Waals surface area contributed by atoms with E-state index in [1.807, 2.05) is 4.90 Å². The number of hydrogen-bond acceptors (Lipinski definition) is 4. The number of ether oxygens (including phenoxy) is 1. The van der Waals surface area contributed by atoms with E-state index in [0.29, 0.717) is 37.6 Å². The zero-order valence-corrected chi connectivity index (χ0v) is 15.6. The maximum Gasteiger partial charge on any atom is 0.238 e. The van der Waals surface area contributed by atoms with Crippen LogP contribution in [0.1, 0.15) is 12.0 Å². The highest BCUT2D eigenvalue weighted by atomic mass is 19.1. The van der Waals surface area contributed by atoms with Gasteiger partial charge in [0, 0.05) is 30.9 Å². The van der Waals surface area contributed by atoms with Crippen molar-refractivity contribution in [2.75, 3.05) is 43.5 Å². The van der Waals surface area contributed by atoms with E-state index in [2.05, 4.69) is 10.6 Å². The van der Waals surface area contributed by atoms with Crippen LogP contribution in [-0.2, 0) is 20.7 Å². The van der Waals surface area contributed by atoms with E-state index in [1.165, 1.54) is 12.1 Å². The number of nitrogens with zero attached hydrogens (tertiary/aromatic N) is 1. The molecular weight excluding hydrogens is 361 g/mol. The third-order valence-electron chi connectivity index (χ3n) is 4.45. The average Bonchev–Trinajstić information content (AvgIpc) is 2.69. The Morgan fingerprint density at radius 1 is 0.964 bits per heavy atom. The molecule has 1 saturated heterocycles. The molecule has 2 amide bonds. The number of halogens is 1. The Balaban J connectivity index is 1.43. The molecule has 1 heterocycles. The SMILES string of the molecule is O=C(CCc1cccc(F)c1)Nc1ccc(NC(=O)CN2CCOCC2)cc1. The van der Waals surface area contributed by atoms with Crippen LogP contribution < -0.4 is 10.6 Å². The van der Waals surface area contributed by atoms with Gasteiger partial charge in [-0.05, 0) is 48.4 Å². The molecule has 1 aliphatic heterocycles. The highest BCUT2D eigenvalue weighted by molar-refractivity contribution is 5.93. The third kappa shape index (κ3) is 6.44. The molecule has 3 rings (SSSR count). The minimum atomic E-state index is -0.302. The molecule has 0 unspecified atom stereocenters. The molecule has 148 valence electrons. The number of rotatable bonds is 7. The van der Waals surface area contributed by atoms with Gasteiger partial charge in [0.15, 0.2) is 0 Å². The largest absolute Gasteiger partial charge is 0.379 e. The molecule has 6 nitrogen and oxygen atoms in total. The van der Waals surface area contributed by atoms with Crippen LogP contribution in [0, 0.1) is 5.82 Å². The van der Waals surface area contributed by atoms with Crippen LogP contribution >= 0.6 is 0 Å². The number of carbonyl (C=O) groups excluding carboxylic acids is 2.